The normalized spacial score (nSPS) is 55.4. The van der Waals surface area contributed by atoms with Crippen molar-refractivity contribution < 1.29 is 24.1 Å². The second kappa shape index (κ2) is 6.65. The van der Waals surface area contributed by atoms with Crippen molar-refractivity contribution in [3.05, 3.63) is 0 Å². The number of hydrogen-bond donors (Lipinski definition) is 1. The van der Waals surface area contributed by atoms with E-state index in [2.05, 4.69) is 13.8 Å². The van der Waals surface area contributed by atoms with E-state index >= 15 is 0 Å². The summed E-state index contributed by atoms with van der Waals surface area (Å²) in [7, 11) is 0. The predicted molar refractivity (Wildman–Crippen MR) is 104 cm³/mol. The first-order chi connectivity index (χ1) is 13.3. The Bertz CT molecular complexity index is 596. The zero-order valence-corrected chi connectivity index (χ0v) is 18.0. The summed E-state index contributed by atoms with van der Waals surface area (Å²) in [5.74, 6) is 1.21. The summed E-state index contributed by atoms with van der Waals surface area (Å²) < 4.78 is 25.3. The average Bonchev–Trinajstić information content (AvgIpc) is 3.25. The highest BCUT2D eigenvalue weighted by Crippen LogP contribution is 2.67. The predicted octanol–water partition coefficient (Wildman–Crippen LogP) is 3.73. The highest BCUT2D eigenvalue weighted by atomic mass is 16.7. The van der Waals surface area contributed by atoms with Crippen LogP contribution in [0.2, 0.25) is 0 Å². The molecule has 9 atom stereocenters. The molecule has 3 heterocycles. The van der Waals surface area contributed by atoms with Gasteiger partial charge in [-0.25, -0.2) is 0 Å². The number of aliphatic hydroxyl groups is 1. The highest BCUT2D eigenvalue weighted by Gasteiger charge is 2.68. The summed E-state index contributed by atoms with van der Waals surface area (Å²) >= 11 is 0. The summed E-state index contributed by atoms with van der Waals surface area (Å²) in [6.45, 7) is 10.7. The average molecular weight is 395 g/mol. The van der Waals surface area contributed by atoms with Crippen LogP contribution in [0.5, 0.6) is 0 Å². The Balaban J connectivity index is 1.53. The molecule has 0 radical (unpaired) electrons. The van der Waals surface area contributed by atoms with Gasteiger partial charge in [0.1, 0.15) is 0 Å². The lowest BCUT2D eigenvalue weighted by molar-refractivity contribution is -0.373. The van der Waals surface area contributed by atoms with E-state index in [1.165, 1.54) is 12.8 Å². The Morgan fingerprint density at radius 2 is 1.86 bits per heavy atom. The van der Waals surface area contributed by atoms with Crippen LogP contribution >= 0.6 is 0 Å². The summed E-state index contributed by atoms with van der Waals surface area (Å²) in [5, 5.41) is 10.4. The van der Waals surface area contributed by atoms with Gasteiger partial charge in [0.05, 0.1) is 25.4 Å². The number of aliphatic hydroxyl groups excluding tert-OH is 1. The van der Waals surface area contributed by atoms with Crippen LogP contribution in [0.25, 0.3) is 0 Å². The van der Waals surface area contributed by atoms with Gasteiger partial charge in [0, 0.05) is 23.4 Å². The van der Waals surface area contributed by atoms with E-state index in [9.17, 15) is 5.11 Å². The Morgan fingerprint density at radius 3 is 2.61 bits per heavy atom. The minimum Gasteiger partial charge on any atom is -0.396 e. The molecule has 0 aromatic rings. The van der Waals surface area contributed by atoms with Crippen LogP contribution in [0.4, 0.5) is 0 Å². The fourth-order valence-corrected chi connectivity index (χ4v) is 7.73. The third-order valence-electron chi connectivity index (χ3n) is 9.41. The highest BCUT2D eigenvalue weighted by molar-refractivity contribution is 5.14. The van der Waals surface area contributed by atoms with Gasteiger partial charge >= 0.3 is 0 Å². The SMILES string of the molecule is C[C@@H]1C[C@@H]2OC(C)(C)OC[C@@]23[C@@H](CO)CCC[C@@H]3[C@@]1(C)[C@@H]1C[C@H]2CCO[C@H]2O1. The molecule has 3 saturated heterocycles. The molecular formula is C23H38O5. The molecule has 5 heteroatoms. The standard InChI is InChI=1S/C23H38O5/c1-14-10-19-23(13-26-21(2,3)28-19)16(12-24)6-5-7-17(23)22(14,4)18-11-15-8-9-25-20(15)27-18/h14-20,24H,5-13H2,1-4H3/t14-,15-,16-,17-,18+,19+,20+,22+,23+/m1/s1. The largest absolute Gasteiger partial charge is 0.396 e. The second-order valence-corrected chi connectivity index (χ2v) is 10.9. The van der Waals surface area contributed by atoms with Crippen molar-refractivity contribution in [2.75, 3.05) is 19.8 Å². The van der Waals surface area contributed by atoms with Crippen LogP contribution in [0.1, 0.15) is 66.2 Å². The van der Waals surface area contributed by atoms with Crippen molar-refractivity contribution in [1.82, 2.24) is 0 Å². The maximum absolute atomic E-state index is 10.4. The monoisotopic (exact) mass is 394 g/mol. The molecule has 3 aliphatic heterocycles. The van der Waals surface area contributed by atoms with Crippen LogP contribution in [-0.2, 0) is 18.9 Å². The molecule has 0 bridgehead atoms. The fraction of sp³-hybridized carbons (Fsp3) is 1.00. The maximum atomic E-state index is 10.4. The van der Waals surface area contributed by atoms with Gasteiger partial charge in [-0.05, 0) is 63.7 Å². The quantitative estimate of drug-likeness (QED) is 0.773. The van der Waals surface area contributed by atoms with Gasteiger partial charge in [-0.3, -0.25) is 0 Å². The zero-order valence-electron chi connectivity index (χ0n) is 18.0. The fourth-order valence-electron chi connectivity index (χ4n) is 7.73. The Morgan fingerprint density at radius 1 is 1.04 bits per heavy atom. The summed E-state index contributed by atoms with van der Waals surface area (Å²) in [4.78, 5) is 0. The smallest absolute Gasteiger partial charge is 0.163 e. The van der Waals surface area contributed by atoms with Crippen LogP contribution < -0.4 is 0 Å². The molecule has 1 N–H and O–H groups in total. The van der Waals surface area contributed by atoms with Crippen LogP contribution in [0, 0.1) is 34.5 Å². The van der Waals surface area contributed by atoms with Gasteiger partial charge < -0.3 is 24.1 Å². The van der Waals surface area contributed by atoms with Crippen molar-refractivity contribution in [2.45, 2.75) is 90.5 Å². The first-order valence-corrected chi connectivity index (χ1v) is 11.5. The number of hydrogen-bond acceptors (Lipinski definition) is 5. The van der Waals surface area contributed by atoms with Crippen LogP contribution in [-0.4, -0.2) is 49.2 Å². The van der Waals surface area contributed by atoms with Crippen LogP contribution in [0.15, 0.2) is 0 Å². The lowest BCUT2D eigenvalue weighted by Crippen LogP contribution is -2.69. The van der Waals surface area contributed by atoms with E-state index in [1.54, 1.807) is 0 Å². The third kappa shape index (κ3) is 2.62. The van der Waals surface area contributed by atoms with Gasteiger partial charge in [-0.2, -0.15) is 0 Å². The molecule has 28 heavy (non-hydrogen) atoms. The second-order valence-electron chi connectivity index (χ2n) is 10.9. The van der Waals surface area contributed by atoms with Gasteiger partial charge in [0.25, 0.3) is 0 Å². The van der Waals surface area contributed by atoms with Gasteiger partial charge in [0.2, 0.25) is 0 Å². The van der Waals surface area contributed by atoms with E-state index < -0.39 is 5.79 Å². The molecule has 5 fully saturated rings. The van der Waals surface area contributed by atoms with Gasteiger partial charge in [-0.15, -0.1) is 0 Å². The van der Waals surface area contributed by atoms with E-state index in [0.717, 1.165) is 32.3 Å². The minimum absolute atomic E-state index is 0.00211. The molecule has 0 unspecified atom stereocenters. The van der Waals surface area contributed by atoms with Crippen LogP contribution in [0.3, 0.4) is 0 Å². The molecule has 5 nitrogen and oxygen atoms in total. The van der Waals surface area contributed by atoms with Crippen molar-refractivity contribution in [3.8, 4) is 0 Å². The first kappa shape index (κ1) is 19.7. The third-order valence-corrected chi connectivity index (χ3v) is 9.41. The van der Waals surface area contributed by atoms with E-state index in [4.69, 9.17) is 18.9 Å². The van der Waals surface area contributed by atoms with Gasteiger partial charge in [0.15, 0.2) is 12.1 Å². The Kier molecular flexibility index (Phi) is 4.69. The first-order valence-electron chi connectivity index (χ1n) is 11.5. The molecule has 0 amide bonds. The Hall–Kier alpha value is -0.200. The van der Waals surface area contributed by atoms with Crippen molar-refractivity contribution >= 4 is 0 Å². The molecule has 5 rings (SSSR count). The van der Waals surface area contributed by atoms with E-state index in [0.29, 0.717) is 24.4 Å². The lowest BCUT2D eigenvalue weighted by atomic mass is 9.42. The maximum Gasteiger partial charge on any atom is 0.163 e. The van der Waals surface area contributed by atoms with E-state index in [1.807, 2.05) is 13.8 Å². The number of fused-ring (bicyclic) bond motifs is 1. The van der Waals surface area contributed by atoms with Crippen molar-refractivity contribution in [3.63, 3.8) is 0 Å². The summed E-state index contributed by atoms with van der Waals surface area (Å²) in [5.41, 5.74) is -0.0437. The molecule has 160 valence electrons. The molecule has 0 aromatic carbocycles. The number of rotatable bonds is 2. The van der Waals surface area contributed by atoms with Gasteiger partial charge in [-0.1, -0.05) is 20.3 Å². The Labute approximate surface area is 169 Å². The summed E-state index contributed by atoms with van der Waals surface area (Å²) in [6, 6.07) is 0. The van der Waals surface area contributed by atoms with Crippen molar-refractivity contribution in [1.29, 1.82) is 0 Å². The minimum atomic E-state index is -0.542. The molecule has 1 spiro atoms. The number of ether oxygens (including phenoxy) is 4. The molecule has 2 saturated carbocycles. The lowest BCUT2D eigenvalue weighted by Gasteiger charge is -2.67. The van der Waals surface area contributed by atoms with Crippen molar-refractivity contribution in [2.24, 2.45) is 34.5 Å². The molecule has 5 aliphatic rings. The zero-order chi connectivity index (χ0) is 19.7. The molecular weight excluding hydrogens is 356 g/mol. The molecule has 0 aromatic heterocycles. The topological polar surface area (TPSA) is 57.2 Å². The summed E-state index contributed by atoms with van der Waals surface area (Å²) in [6.07, 6.45) is 7.06. The van der Waals surface area contributed by atoms with E-state index in [-0.39, 0.29) is 41.9 Å². The molecule has 2 aliphatic carbocycles.